The van der Waals surface area contributed by atoms with Gasteiger partial charge in [-0.25, -0.2) is 4.79 Å². The van der Waals surface area contributed by atoms with Crippen molar-refractivity contribution >= 4 is 21.9 Å². The van der Waals surface area contributed by atoms with Crippen molar-refractivity contribution in [2.45, 2.75) is 52.6 Å². The van der Waals surface area contributed by atoms with E-state index in [4.69, 9.17) is 9.47 Å². The number of hydrogen-bond donors (Lipinski definition) is 0. The molecule has 0 unspecified atom stereocenters. The quantitative estimate of drug-likeness (QED) is 0.428. The highest BCUT2D eigenvalue weighted by molar-refractivity contribution is 9.10. The Morgan fingerprint density at radius 2 is 1.76 bits per heavy atom. The maximum atomic E-state index is 12.6. The van der Waals surface area contributed by atoms with Crippen molar-refractivity contribution in [3.8, 4) is 11.5 Å². The predicted octanol–water partition coefficient (Wildman–Crippen LogP) is 6.14. The SMILES string of the molecule is CCC(C)(C)c1ccc(OC(=O)c2cc(Br)ccc2OC(C)C)cc1. The molecule has 0 saturated heterocycles. The van der Waals surface area contributed by atoms with E-state index in [-0.39, 0.29) is 11.5 Å². The summed E-state index contributed by atoms with van der Waals surface area (Å²) in [6.45, 7) is 10.4. The minimum absolute atomic E-state index is 0.0247. The molecule has 0 aliphatic rings. The molecular weight excluding hydrogens is 380 g/mol. The summed E-state index contributed by atoms with van der Waals surface area (Å²) in [6, 6.07) is 13.0. The molecule has 0 N–H and O–H groups in total. The maximum Gasteiger partial charge on any atom is 0.347 e. The summed E-state index contributed by atoms with van der Waals surface area (Å²) in [5, 5.41) is 0. The molecular formula is C21H25BrO3. The fraction of sp³-hybridized carbons (Fsp3) is 0.381. The predicted molar refractivity (Wildman–Crippen MR) is 105 cm³/mol. The average molecular weight is 405 g/mol. The number of esters is 1. The number of ether oxygens (including phenoxy) is 2. The molecule has 0 heterocycles. The van der Waals surface area contributed by atoms with Gasteiger partial charge in [0.2, 0.25) is 0 Å². The van der Waals surface area contributed by atoms with Crippen molar-refractivity contribution in [2.24, 2.45) is 0 Å². The minimum Gasteiger partial charge on any atom is -0.490 e. The zero-order chi connectivity index (χ0) is 18.6. The summed E-state index contributed by atoms with van der Waals surface area (Å²) in [7, 11) is 0. The van der Waals surface area contributed by atoms with Gasteiger partial charge in [-0.2, -0.15) is 0 Å². The summed E-state index contributed by atoms with van der Waals surface area (Å²) in [5.41, 5.74) is 1.73. The highest BCUT2D eigenvalue weighted by Crippen LogP contribution is 2.29. The third kappa shape index (κ3) is 5.08. The average Bonchev–Trinajstić information content (AvgIpc) is 2.56. The molecule has 0 radical (unpaired) electrons. The topological polar surface area (TPSA) is 35.5 Å². The first-order chi connectivity index (χ1) is 11.7. The smallest absolute Gasteiger partial charge is 0.347 e. The second-order valence-electron chi connectivity index (χ2n) is 6.96. The van der Waals surface area contributed by atoms with Gasteiger partial charge in [-0.05, 0) is 61.6 Å². The Morgan fingerprint density at radius 3 is 2.32 bits per heavy atom. The van der Waals surface area contributed by atoms with E-state index in [0.29, 0.717) is 17.1 Å². The molecule has 0 atom stereocenters. The molecule has 0 spiro atoms. The van der Waals surface area contributed by atoms with Crippen molar-refractivity contribution in [1.29, 1.82) is 0 Å². The van der Waals surface area contributed by atoms with E-state index in [0.717, 1.165) is 10.9 Å². The van der Waals surface area contributed by atoms with Crippen LogP contribution in [-0.2, 0) is 5.41 Å². The molecule has 2 aromatic rings. The standard InChI is InChI=1S/C21H25BrO3/c1-6-21(4,5)15-7-10-17(11-8-15)25-20(23)18-13-16(22)9-12-19(18)24-14(2)3/h7-14H,6H2,1-5H3. The maximum absolute atomic E-state index is 12.6. The number of carbonyl (C=O) groups excluding carboxylic acids is 1. The summed E-state index contributed by atoms with van der Waals surface area (Å²) in [4.78, 5) is 12.6. The molecule has 0 aliphatic carbocycles. The third-order valence-electron chi connectivity index (χ3n) is 4.25. The van der Waals surface area contributed by atoms with Crippen molar-refractivity contribution in [1.82, 2.24) is 0 Å². The molecule has 0 amide bonds. The van der Waals surface area contributed by atoms with E-state index < -0.39 is 5.97 Å². The van der Waals surface area contributed by atoms with E-state index in [1.54, 1.807) is 12.1 Å². The van der Waals surface area contributed by atoms with Gasteiger partial charge in [-0.15, -0.1) is 0 Å². The summed E-state index contributed by atoms with van der Waals surface area (Å²) >= 11 is 3.39. The molecule has 3 nitrogen and oxygen atoms in total. The van der Waals surface area contributed by atoms with Gasteiger partial charge in [0.15, 0.2) is 0 Å². The zero-order valence-corrected chi connectivity index (χ0v) is 17.0. The highest BCUT2D eigenvalue weighted by atomic mass is 79.9. The molecule has 2 rings (SSSR count). The van der Waals surface area contributed by atoms with Gasteiger partial charge in [-0.1, -0.05) is 48.8 Å². The lowest BCUT2D eigenvalue weighted by atomic mass is 9.82. The summed E-state index contributed by atoms with van der Waals surface area (Å²) < 4.78 is 12.1. The van der Waals surface area contributed by atoms with Gasteiger partial charge >= 0.3 is 5.97 Å². The Bertz CT molecular complexity index is 733. The molecule has 0 saturated carbocycles. The fourth-order valence-corrected chi connectivity index (χ4v) is 2.72. The van der Waals surface area contributed by atoms with Crippen LogP contribution in [0.1, 0.15) is 57.0 Å². The van der Waals surface area contributed by atoms with Crippen LogP contribution in [0, 0.1) is 0 Å². The first-order valence-electron chi connectivity index (χ1n) is 8.52. The molecule has 0 fully saturated rings. The monoisotopic (exact) mass is 404 g/mol. The molecule has 25 heavy (non-hydrogen) atoms. The highest BCUT2D eigenvalue weighted by Gasteiger charge is 2.19. The molecule has 0 aliphatic heterocycles. The van der Waals surface area contributed by atoms with Gasteiger partial charge in [-0.3, -0.25) is 0 Å². The van der Waals surface area contributed by atoms with Crippen LogP contribution in [0.15, 0.2) is 46.9 Å². The van der Waals surface area contributed by atoms with Gasteiger partial charge in [0.25, 0.3) is 0 Å². The lowest BCUT2D eigenvalue weighted by Gasteiger charge is -2.23. The van der Waals surface area contributed by atoms with Crippen LogP contribution in [0.3, 0.4) is 0 Å². The van der Waals surface area contributed by atoms with Crippen LogP contribution in [0.5, 0.6) is 11.5 Å². The van der Waals surface area contributed by atoms with Crippen LogP contribution < -0.4 is 9.47 Å². The second-order valence-corrected chi connectivity index (χ2v) is 7.87. The number of benzene rings is 2. The van der Waals surface area contributed by atoms with Gasteiger partial charge < -0.3 is 9.47 Å². The molecule has 0 bridgehead atoms. The zero-order valence-electron chi connectivity index (χ0n) is 15.4. The summed E-state index contributed by atoms with van der Waals surface area (Å²) in [6.07, 6.45) is 1.02. The van der Waals surface area contributed by atoms with Crippen molar-refractivity contribution in [3.63, 3.8) is 0 Å². The number of rotatable bonds is 6. The lowest BCUT2D eigenvalue weighted by molar-refractivity contribution is 0.0728. The van der Waals surface area contributed by atoms with Crippen LogP contribution in [0.25, 0.3) is 0 Å². The second kappa shape index (κ2) is 8.05. The Balaban J connectivity index is 2.21. The number of halogens is 1. The normalized spacial score (nSPS) is 11.5. The minimum atomic E-state index is -0.431. The van der Waals surface area contributed by atoms with Crippen molar-refractivity contribution < 1.29 is 14.3 Å². The molecule has 134 valence electrons. The van der Waals surface area contributed by atoms with E-state index in [9.17, 15) is 4.79 Å². The van der Waals surface area contributed by atoms with Crippen LogP contribution in [0.2, 0.25) is 0 Å². The van der Waals surface area contributed by atoms with Crippen molar-refractivity contribution in [3.05, 3.63) is 58.1 Å². The van der Waals surface area contributed by atoms with Crippen LogP contribution >= 0.6 is 15.9 Å². The van der Waals surface area contributed by atoms with Crippen molar-refractivity contribution in [2.75, 3.05) is 0 Å². The largest absolute Gasteiger partial charge is 0.490 e. The van der Waals surface area contributed by atoms with Crippen LogP contribution in [-0.4, -0.2) is 12.1 Å². The first-order valence-corrected chi connectivity index (χ1v) is 9.31. The lowest BCUT2D eigenvalue weighted by Crippen LogP contribution is -2.16. The van der Waals surface area contributed by atoms with Gasteiger partial charge in [0.05, 0.1) is 6.10 Å². The van der Waals surface area contributed by atoms with E-state index >= 15 is 0 Å². The third-order valence-corrected chi connectivity index (χ3v) is 4.75. The fourth-order valence-electron chi connectivity index (χ4n) is 2.36. The van der Waals surface area contributed by atoms with E-state index in [1.165, 1.54) is 5.56 Å². The van der Waals surface area contributed by atoms with E-state index in [2.05, 4.69) is 36.7 Å². The molecule has 2 aromatic carbocycles. The first kappa shape index (κ1) is 19.5. The Hall–Kier alpha value is -1.81. The molecule has 4 heteroatoms. The number of hydrogen-bond acceptors (Lipinski definition) is 3. The van der Waals surface area contributed by atoms with Crippen LogP contribution in [0.4, 0.5) is 0 Å². The Labute approximate surface area is 158 Å². The Morgan fingerprint density at radius 1 is 1.12 bits per heavy atom. The molecule has 0 aromatic heterocycles. The van der Waals surface area contributed by atoms with Gasteiger partial charge in [0, 0.05) is 4.47 Å². The summed E-state index contributed by atoms with van der Waals surface area (Å²) in [5.74, 6) is 0.613. The van der Waals surface area contributed by atoms with Gasteiger partial charge in [0.1, 0.15) is 17.1 Å². The van der Waals surface area contributed by atoms with E-state index in [1.807, 2.05) is 44.2 Å². The number of carbonyl (C=O) groups is 1. The Kier molecular flexibility index (Phi) is 6.28.